The third-order valence-corrected chi connectivity index (χ3v) is 5.72. The number of benzene rings is 1. The van der Waals surface area contributed by atoms with Crippen LogP contribution >= 0.6 is 22.7 Å². The second-order valence-corrected chi connectivity index (χ2v) is 7.42. The van der Waals surface area contributed by atoms with E-state index in [2.05, 4.69) is 15.5 Å². The van der Waals surface area contributed by atoms with Crippen molar-refractivity contribution < 1.29 is 14.4 Å². The number of nitrogens with zero attached hydrogens (tertiary/aromatic N) is 3. The summed E-state index contributed by atoms with van der Waals surface area (Å²) in [4.78, 5) is 38.7. The first-order valence-electron chi connectivity index (χ1n) is 7.76. The molecule has 0 bridgehead atoms. The van der Waals surface area contributed by atoms with E-state index in [4.69, 9.17) is 0 Å². The van der Waals surface area contributed by atoms with Gasteiger partial charge in [-0.1, -0.05) is 29.5 Å². The van der Waals surface area contributed by atoms with Crippen LogP contribution in [-0.2, 0) is 4.79 Å². The molecule has 0 spiro atoms. The smallest absolute Gasteiger partial charge is 0.261 e. The van der Waals surface area contributed by atoms with Crippen molar-refractivity contribution >= 4 is 45.5 Å². The molecular formula is C17H12N4O3S2. The molecule has 9 heteroatoms. The van der Waals surface area contributed by atoms with E-state index in [0.29, 0.717) is 16.3 Å². The van der Waals surface area contributed by atoms with E-state index in [1.54, 1.807) is 35.6 Å². The van der Waals surface area contributed by atoms with Gasteiger partial charge in [0.25, 0.3) is 11.8 Å². The Labute approximate surface area is 156 Å². The first kappa shape index (κ1) is 16.6. The van der Waals surface area contributed by atoms with E-state index in [1.807, 2.05) is 17.5 Å². The van der Waals surface area contributed by atoms with Crippen molar-refractivity contribution in [3.05, 3.63) is 52.9 Å². The maximum atomic E-state index is 12.3. The van der Waals surface area contributed by atoms with Crippen LogP contribution in [0.4, 0.5) is 5.13 Å². The minimum absolute atomic E-state index is 0.000611. The highest BCUT2D eigenvalue weighted by Crippen LogP contribution is 2.29. The zero-order chi connectivity index (χ0) is 18.1. The van der Waals surface area contributed by atoms with Gasteiger partial charge in [-0.2, -0.15) is 0 Å². The lowest BCUT2D eigenvalue weighted by Gasteiger charge is -2.12. The zero-order valence-electron chi connectivity index (χ0n) is 13.3. The fraction of sp³-hybridized carbons (Fsp3) is 0.118. The molecular weight excluding hydrogens is 372 g/mol. The summed E-state index contributed by atoms with van der Waals surface area (Å²) in [6.45, 7) is 0.0226. The molecule has 3 heterocycles. The Morgan fingerprint density at radius 2 is 1.77 bits per heavy atom. The third-order valence-electron chi connectivity index (χ3n) is 3.84. The largest absolute Gasteiger partial charge is 0.300 e. The number of nitrogens with one attached hydrogen (secondary N) is 1. The molecule has 4 rings (SSSR count). The van der Waals surface area contributed by atoms with Gasteiger partial charge in [0.1, 0.15) is 0 Å². The normalized spacial score (nSPS) is 13.2. The van der Waals surface area contributed by atoms with Gasteiger partial charge in [-0.05, 0) is 23.6 Å². The number of aromatic nitrogens is 2. The van der Waals surface area contributed by atoms with Crippen molar-refractivity contribution in [1.29, 1.82) is 0 Å². The summed E-state index contributed by atoms with van der Waals surface area (Å²) >= 11 is 2.82. The van der Waals surface area contributed by atoms with Crippen LogP contribution in [0.3, 0.4) is 0 Å². The number of imide groups is 1. The minimum Gasteiger partial charge on any atom is -0.300 e. The summed E-state index contributed by atoms with van der Waals surface area (Å²) in [5.74, 6) is -1.06. The molecule has 0 saturated carbocycles. The van der Waals surface area contributed by atoms with Gasteiger partial charge in [0.15, 0.2) is 5.01 Å². The Balaban J connectivity index is 1.36. The molecule has 3 amide bonds. The van der Waals surface area contributed by atoms with E-state index in [0.717, 1.165) is 14.8 Å². The summed E-state index contributed by atoms with van der Waals surface area (Å²) in [7, 11) is 0. The van der Waals surface area contributed by atoms with E-state index >= 15 is 0 Å². The molecule has 0 radical (unpaired) electrons. The second-order valence-electron chi connectivity index (χ2n) is 5.50. The lowest BCUT2D eigenvalue weighted by atomic mass is 10.1. The first-order chi connectivity index (χ1) is 12.6. The average molecular weight is 384 g/mol. The molecule has 0 unspecified atom stereocenters. The zero-order valence-corrected chi connectivity index (χ0v) is 15.0. The number of amides is 3. The van der Waals surface area contributed by atoms with E-state index < -0.39 is 0 Å². The van der Waals surface area contributed by atoms with Gasteiger partial charge in [0.05, 0.1) is 16.0 Å². The van der Waals surface area contributed by atoms with Crippen molar-refractivity contribution in [2.45, 2.75) is 6.42 Å². The van der Waals surface area contributed by atoms with Crippen LogP contribution in [0.5, 0.6) is 0 Å². The Kier molecular flexibility index (Phi) is 4.31. The van der Waals surface area contributed by atoms with Gasteiger partial charge < -0.3 is 5.32 Å². The lowest BCUT2D eigenvalue weighted by molar-refractivity contribution is -0.116. The third kappa shape index (κ3) is 3.02. The Morgan fingerprint density at radius 3 is 2.42 bits per heavy atom. The summed E-state index contributed by atoms with van der Waals surface area (Å²) in [5.41, 5.74) is 0.755. The van der Waals surface area contributed by atoms with Crippen molar-refractivity contribution in [2.24, 2.45) is 0 Å². The number of hydrogen-bond donors (Lipinski definition) is 1. The second kappa shape index (κ2) is 6.77. The molecule has 1 aromatic carbocycles. The number of carbonyl (C=O) groups excluding carboxylic acids is 3. The summed E-state index contributed by atoms with van der Waals surface area (Å²) in [5, 5.41) is 13.7. The van der Waals surface area contributed by atoms with Gasteiger partial charge >= 0.3 is 0 Å². The van der Waals surface area contributed by atoms with E-state index in [9.17, 15) is 14.4 Å². The highest BCUT2D eigenvalue weighted by atomic mass is 32.1. The minimum atomic E-state index is -0.366. The quantitative estimate of drug-likeness (QED) is 0.683. The van der Waals surface area contributed by atoms with Gasteiger partial charge in [-0.3, -0.25) is 19.3 Å². The molecule has 1 aliphatic heterocycles. The molecule has 130 valence electrons. The van der Waals surface area contributed by atoms with E-state index in [1.165, 1.54) is 11.3 Å². The summed E-state index contributed by atoms with van der Waals surface area (Å²) in [6.07, 6.45) is -0.000611. The fourth-order valence-corrected chi connectivity index (χ4v) is 4.16. The van der Waals surface area contributed by atoms with Crippen molar-refractivity contribution in [3.8, 4) is 9.88 Å². The SMILES string of the molecule is O=C(CCN1C(=O)c2ccccc2C1=O)Nc1nnc(-c2cccs2)s1. The molecule has 3 aromatic rings. The number of rotatable bonds is 5. The van der Waals surface area contributed by atoms with Crippen molar-refractivity contribution in [3.63, 3.8) is 0 Å². The number of anilines is 1. The highest BCUT2D eigenvalue weighted by Gasteiger charge is 2.34. The standard InChI is InChI=1S/C17H12N4O3S2/c22-13(18-17-20-19-14(26-17)12-6-3-9-25-12)7-8-21-15(23)10-4-1-2-5-11(10)16(21)24/h1-6,9H,7-8H2,(H,18,20,22). The molecule has 1 N–H and O–H groups in total. The average Bonchev–Trinajstić information content (AvgIpc) is 3.36. The van der Waals surface area contributed by atoms with E-state index in [-0.39, 0.29) is 30.7 Å². The maximum absolute atomic E-state index is 12.3. The van der Waals surface area contributed by atoms with Crippen LogP contribution < -0.4 is 5.32 Å². The van der Waals surface area contributed by atoms with Gasteiger partial charge in [0.2, 0.25) is 11.0 Å². The summed E-state index contributed by atoms with van der Waals surface area (Å²) < 4.78 is 0. The Bertz CT molecular complexity index is 962. The molecule has 0 saturated heterocycles. The molecule has 0 aliphatic carbocycles. The van der Waals surface area contributed by atoms with Crippen LogP contribution in [0, 0.1) is 0 Å². The number of fused-ring (bicyclic) bond motifs is 1. The topological polar surface area (TPSA) is 92.3 Å². The predicted molar refractivity (Wildman–Crippen MR) is 98.3 cm³/mol. The maximum Gasteiger partial charge on any atom is 0.261 e. The molecule has 7 nitrogen and oxygen atoms in total. The molecule has 0 fully saturated rings. The van der Waals surface area contributed by atoms with Gasteiger partial charge in [-0.15, -0.1) is 21.5 Å². The van der Waals surface area contributed by atoms with Crippen LogP contribution in [-0.4, -0.2) is 39.4 Å². The van der Waals surface area contributed by atoms with Gasteiger partial charge in [-0.25, -0.2) is 0 Å². The van der Waals surface area contributed by atoms with Crippen LogP contribution in [0.1, 0.15) is 27.1 Å². The molecule has 2 aromatic heterocycles. The number of thiophene rings is 1. The van der Waals surface area contributed by atoms with Crippen LogP contribution in [0.25, 0.3) is 9.88 Å². The highest BCUT2D eigenvalue weighted by molar-refractivity contribution is 7.23. The Hall–Kier alpha value is -2.91. The van der Waals surface area contributed by atoms with Crippen LogP contribution in [0.15, 0.2) is 41.8 Å². The van der Waals surface area contributed by atoms with Crippen molar-refractivity contribution in [1.82, 2.24) is 15.1 Å². The first-order valence-corrected chi connectivity index (χ1v) is 9.45. The molecule has 0 atom stereocenters. The lowest BCUT2D eigenvalue weighted by Crippen LogP contribution is -2.32. The Morgan fingerprint density at radius 1 is 1.04 bits per heavy atom. The fourth-order valence-electron chi connectivity index (χ4n) is 2.61. The summed E-state index contributed by atoms with van der Waals surface area (Å²) in [6, 6.07) is 10.5. The molecule has 1 aliphatic rings. The van der Waals surface area contributed by atoms with Gasteiger partial charge in [0, 0.05) is 13.0 Å². The predicted octanol–water partition coefficient (Wildman–Crippen LogP) is 2.89. The monoisotopic (exact) mass is 384 g/mol. The number of carbonyl (C=O) groups is 3. The van der Waals surface area contributed by atoms with Crippen LogP contribution in [0.2, 0.25) is 0 Å². The van der Waals surface area contributed by atoms with Crippen molar-refractivity contribution in [2.75, 3.05) is 11.9 Å². The number of hydrogen-bond acceptors (Lipinski definition) is 7. The molecule has 26 heavy (non-hydrogen) atoms.